The number of carbonyl (C=O) groups excluding carboxylic acids is 1. The lowest BCUT2D eigenvalue weighted by Gasteiger charge is -2.31. The van der Waals surface area contributed by atoms with Crippen LogP contribution in [0, 0.1) is 0 Å². The first-order valence-corrected chi connectivity index (χ1v) is 8.13. The Bertz CT molecular complexity index is 746. The van der Waals surface area contributed by atoms with E-state index in [9.17, 15) is 9.90 Å². The van der Waals surface area contributed by atoms with E-state index >= 15 is 0 Å². The molecule has 3 rings (SSSR count). The summed E-state index contributed by atoms with van der Waals surface area (Å²) in [5.74, 6) is -0.369. The van der Waals surface area contributed by atoms with Gasteiger partial charge >= 0.3 is 0 Å². The van der Waals surface area contributed by atoms with Gasteiger partial charge < -0.3 is 5.11 Å². The maximum atomic E-state index is 12.8. The standard InChI is InChI=1S/C17H16BrN3O2/c1-2-15-10-17(23,13-5-7-14(18)8-6-13)21(20-15)16(22)12-4-3-9-19-11-12/h3-9,11,23H,2,10H2,1H3. The largest absolute Gasteiger partial charge is 0.365 e. The molecule has 0 saturated carbocycles. The Balaban J connectivity index is 2.02. The van der Waals surface area contributed by atoms with Crippen LogP contribution in [-0.2, 0) is 5.72 Å². The highest BCUT2D eigenvalue weighted by Gasteiger charge is 2.45. The highest BCUT2D eigenvalue weighted by Crippen LogP contribution is 2.37. The van der Waals surface area contributed by atoms with Crippen molar-refractivity contribution in [2.45, 2.75) is 25.5 Å². The minimum Gasteiger partial charge on any atom is -0.365 e. The topological polar surface area (TPSA) is 65.8 Å². The minimum absolute atomic E-state index is 0.303. The van der Waals surface area contributed by atoms with E-state index < -0.39 is 5.72 Å². The SMILES string of the molecule is CCC1=NN(C(=O)c2cccnc2)C(O)(c2ccc(Br)cc2)C1. The van der Waals surface area contributed by atoms with E-state index in [0.29, 0.717) is 24.0 Å². The van der Waals surface area contributed by atoms with Crippen molar-refractivity contribution in [2.75, 3.05) is 0 Å². The van der Waals surface area contributed by atoms with Crippen LogP contribution in [-0.4, -0.2) is 26.7 Å². The molecule has 1 aromatic heterocycles. The monoisotopic (exact) mass is 373 g/mol. The van der Waals surface area contributed by atoms with Crippen LogP contribution in [0.2, 0.25) is 0 Å². The van der Waals surface area contributed by atoms with E-state index in [1.807, 2.05) is 19.1 Å². The van der Waals surface area contributed by atoms with Crippen LogP contribution >= 0.6 is 15.9 Å². The van der Waals surface area contributed by atoms with E-state index in [0.717, 1.165) is 10.2 Å². The number of benzene rings is 1. The Labute approximate surface area is 142 Å². The summed E-state index contributed by atoms with van der Waals surface area (Å²) in [6.45, 7) is 1.96. The molecule has 0 radical (unpaired) electrons. The number of rotatable bonds is 3. The van der Waals surface area contributed by atoms with Gasteiger partial charge in [0, 0.05) is 34.6 Å². The van der Waals surface area contributed by atoms with Crippen molar-refractivity contribution in [3.8, 4) is 0 Å². The van der Waals surface area contributed by atoms with Gasteiger partial charge in [0.2, 0.25) is 0 Å². The molecule has 6 heteroatoms. The Morgan fingerprint density at radius 3 is 2.70 bits per heavy atom. The van der Waals surface area contributed by atoms with Crippen LogP contribution in [0.1, 0.15) is 35.7 Å². The fourth-order valence-electron chi connectivity index (χ4n) is 2.58. The van der Waals surface area contributed by atoms with Crippen molar-refractivity contribution in [1.29, 1.82) is 0 Å². The first-order chi connectivity index (χ1) is 11.0. The molecule has 0 fully saturated rings. The van der Waals surface area contributed by atoms with Crippen LogP contribution in [0.5, 0.6) is 0 Å². The zero-order valence-electron chi connectivity index (χ0n) is 12.6. The van der Waals surface area contributed by atoms with Gasteiger partial charge in [-0.15, -0.1) is 0 Å². The molecule has 23 heavy (non-hydrogen) atoms. The summed E-state index contributed by atoms with van der Waals surface area (Å²) in [4.78, 5) is 16.7. The van der Waals surface area contributed by atoms with Crippen molar-refractivity contribution < 1.29 is 9.90 Å². The number of pyridine rings is 1. The molecule has 0 saturated heterocycles. The molecule has 0 bridgehead atoms. The molecule has 2 aromatic rings. The van der Waals surface area contributed by atoms with Gasteiger partial charge in [0.05, 0.1) is 5.56 Å². The maximum absolute atomic E-state index is 12.8. The third kappa shape index (κ3) is 2.92. The smallest absolute Gasteiger partial charge is 0.278 e. The molecule has 2 heterocycles. The number of hydrogen-bond acceptors (Lipinski definition) is 4. The molecule has 1 aliphatic heterocycles. The molecule has 0 aliphatic carbocycles. The van der Waals surface area contributed by atoms with Crippen molar-refractivity contribution in [3.63, 3.8) is 0 Å². The molecule has 0 spiro atoms. The van der Waals surface area contributed by atoms with Crippen LogP contribution in [0.3, 0.4) is 0 Å². The van der Waals surface area contributed by atoms with Gasteiger partial charge in [0.25, 0.3) is 5.91 Å². The Hall–Kier alpha value is -2.05. The summed E-state index contributed by atoms with van der Waals surface area (Å²) >= 11 is 3.38. The number of aliphatic hydroxyl groups is 1. The number of carbonyl (C=O) groups is 1. The van der Waals surface area contributed by atoms with Crippen LogP contribution in [0.4, 0.5) is 0 Å². The Kier molecular flexibility index (Phi) is 4.28. The first kappa shape index (κ1) is 15.8. The van der Waals surface area contributed by atoms with Crippen molar-refractivity contribution in [2.24, 2.45) is 5.10 Å². The molecule has 1 aliphatic rings. The predicted molar refractivity (Wildman–Crippen MR) is 90.8 cm³/mol. The fraction of sp³-hybridized carbons (Fsp3) is 0.235. The number of nitrogens with zero attached hydrogens (tertiary/aromatic N) is 3. The van der Waals surface area contributed by atoms with E-state index in [-0.39, 0.29) is 5.91 Å². The number of halogens is 1. The van der Waals surface area contributed by atoms with Gasteiger partial charge in [0.1, 0.15) is 0 Å². The highest BCUT2D eigenvalue weighted by molar-refractivity contribution is 9.10. The summed E-state index contributed by atoms with van der Waals surface area (Å²) in [6, 6.07) is 10.6. The zero-order valence-corrected chi connectivity index (χ0v) is 14.2. The Morgan fingerprint density at radius 2 is 2.09 bits per heavy atom. The van der Waals surface area contributed by atoms with E-state index in [2.05, 4.69) is 26.0 Å². The molecule has 1 unspecified atom stereocenters. The quantitative estimate of drug-likeness (QED) is 0.897. The summed E-state index contributed by atoms with van der Waals surface area (Å²) in [5.41, 5.74) is 0.334. The van der Waals surface area contributed by atoms with Crippen LogP contribution in [0.25, 0.3) is 0 Å². The molecule has 1 atom stereocenters. The highest BCUT2D eigenvalue weighted by atomic mass is 79.9. The van der Waals surface area contributed by atoms with Gasteiger partial charge in [-0.1, -0.05) is 35.0 Å². The number of hydrazone groups is 1. The number of aromatic nitrogens is 1. The number of amides is 1. The molecule has 1 aromatic carbocycles. The lowest BCUT2D eigenvalue weighted by molar-refractivity contribution is -0.0765. The van der Waals surface area contributed by atoms with Crippen molar-refractivity contribution >= 4 is 27.5 Å². The van der Waals surface area contributed by atoms with Crippen molar-refractivity contribution in [1.82, 2.24) is 9.99 Å². The molecule has 5 nitrogen and oxygen atoms in total. The lowest BCUT2D eigenvalue weighted by Crippen LogP contribution is -2.43. The first-order valence-electron chi connectivity index (χ1n) is 7.34. The Morgan fingerprint density at radius 1 is 1.35 bits per heavy atom. The fourth-order valence-corrected chi connectivity index (χ4v) is 2.85. The van der Waals surface area contributed by atoms with E-state index in [1.54, 1.807) is 30.5 Å². The summed E-state index contributed by atoms with van der Waals surface area (Å²) in [6.07, 6.45) is 4.05. The van der Waals surface area contributed by atoms with E-state index in [1.165, 1.54) is 11.2 Å². The van der Waals surface area contributed by atoms with Crippen LogP contribution in [0.15, 0.2) is 58.4 Å². The molecular weight excluding hydrogens is 358 g/mol. The molecule has 1 amide bonds. The molecule has 118 valence electrons. The average molecular weight is 374 g/mol. The second-order valence-electron chi connectivity index (χ2n) is 5.38. The third-order valence-electron chi connectivity index (χ3n) is 3.86. The maximum Gasteiger partial charge on any atom is 0.278 e. The van der Waals surface area contributed by atoms with Crippen molar-refractivity contribution in [3.05, 3.63) is 64.4 Å². The number of hydrogen-bond donors (Lipinski definition) is 1. The van der Waals surface area contributed by atoms with Gasteiger partial charge in [-0.2, -0.15) is 10.1 Å². The van der Waals surface area contributed by atoms with E-state index in [4.69, 9.17) is 0 Å². The minimum atomic E-state index is -1.47. The van der Waals surface area contributed by atoms with Gasteiger partial charge in [-0.25, -0.2) is 0 Å². The zero-order chi connectivity index (χ0) is 16.4. The predicted octanol–water partition coefficient (Wildman–Crippen LogP) is 3.30. The third-order valence-corrected chi connectivity index (χ3v) is 4.39. The second-order valence-corrected chi connectivity index (χ2v) is 6.29. The molecular formula is C17H16BrN3O2. The van der Waals surface area contributed by atoms with Gasteiger partial charge in [0.15, 0.2) is 5.72 Å². The lowest BCUT2D eigenvalue weighted by atomic mass is 9.96. The average Bonchev–Trinajstić information content (AvgIpc) is 2.93. The summed E-state index contributed by atoms with van der Waals surface area (Å²) in [7, 11) is 0. The van der Waals surface area contributed by atoms with Gasteiger partial charge in [-0.05, 0) is 30.7 Å². The normalized spacial score (nSPS) is 20.5. The molecule has 1 N–H and O–H groups in total. The van der Waals surface area contributed by atoms with Crippen LogP contribution < -0.4 is 0 Å². The van der Waals surface area contributed by atoms with Gasteiger partial charge in [-0.3, -0.25) is 9.78 Å². The second kappa shape index (κ2) is 6.22. The summed E-state index contributed by atoms with van der Waals surface area (Å²) in [5, 5.41) is 16.7. The summed E-state index contributed by atoms with van der Waals surface area (Å²) < 4.78 is 0.907.